The van der Waals surface area contributed by atoms with Crippen molar-refractivity contribution in [2.75, 3.05) is 4.90 Å². The number of anilines is 1. The summed E-state index contributed by atoms with van der Waals surface area (Å²) in [5.74, 6) is -0.444. The standard InChI is InChI=1S/C31H30BrNO3/c1-21(2)24-14-13-22(3)25(17-24)20-33-29-16-15-26(32)18-28(29)31(36,30(33)35)19-27(34)12-8-7-11-23-9-5-4-6-10-23/h4-18,21,36H,19-20H2,1-3H3/b11-7+,12-8+. The highest BCUT2D eigenvalue weighted by Crippen LogP contribution is 2.44. The molecule has 3 aromatic carbocycles. The number of carbonyl (C=O) groups is 2. The number of aliphatic hydroxyl groups is 1. The van der Waals surface area contributed by atoms with E-state index in [2.05, 4.69) is 48.0 Å². The van der Waals surface area contributed by atoms with Crippen LogP contribution >= 0.6 is 15.9 Å². The SMILES string of the molecule is Cc1ccc(C(C)C)cc1CN1C(=O)C(O)(CC(=O)/C=C/C=C/c2ccccc2)c2cc(Br)ccc21. The summed E-state index contributed by atoms with van der Waals surface area (Å²) in [5.41, 5.74) is 3.45. The molecule has 5 heteroatoms. The first-order valence-electron chi connectivity index (χ1n) is 12.1. The third-order valence-corrected chi connectivity index (χ3v) is 7.07. The minimum atomic E-state index is -1.92. The molecule has 0 spiro atoms. The molecule has 1 aliphatic heterocycles. The molecule has 0 fully saturated rings. The molecule has 36 heavy (non-hydrogen) atoms. The lowest BCUT2D eigenvalue weighted by Crippen LogP contribution is -2.41. The molecule has 0 aliphatic carbocycles. The van der Waals surface area contributed by atoms with Gasteiger partial charge in [0.15, 0.2) is 11.4 Å². The molecule has 1 unspecified atom stereocenters. The highest BCUT2D eigenvalue weighted by Gasteiger charge is 2.50. The molecule has 1 aliphatic rings. The van der Waals surface area contributed by atoms with Gasteiger partial charge in [-0.3, -0.25) is 9.59 Å². The average molecular weight is 544 g/mol. The molecule has 1 heterocycles. The van der Waals surface area contributed by atoms with E-state index in [1.54, 1.807) is 23.1 Å². The predicted octanol–water partition coefficient (Wildman–Crippen LogP) is 6.84. The second-order valence-electron chi connectivity index (χ2n) is 9.53. The van der Waals surface area contributed by atoms with Crippen LogP contribution in [0.25, 0.3) is 6.08 Å². The number of rotatable bonds is 8. The molecule has 1 N–H and O–H groups in total. The van der Waals surface area contributed by atoms with E-state index in [-0.39, 0.29) is 12.2 Å². The van der Waals surface area contributed by atoms with Crippen molar-refractivity contribution in [1.82, 2.24) is 0 Å². The lowest BCUT2D eigenvalue weighted by atomic mass is 9.90. The van der Waals surface area contributed by atoms with Gasteiger partial charge < -0.3 is 10.0 Å². The third-order valence-electron chi connectivity index (χ3n) is 6.57. The van der Waals surface area contributed by atoms with Crippen molar-refractivity contribution in [3.05, 3.63) is 117 Å². The highest BCUT2D eigenvalue weighted by atomic mass is 79.9. The Morgan fingerprint density at radius 1 is 1.06 bits per heavy atom. The van der Waals surface area contributed by atoms with E-state index in [9.17, 15) is 14.7 Å². The van der Waals surface area contributed by atoms with Crippen molar-refractivity contribution in [2.45, 2.75) is 45.3 Å². The molecular formula is C31H30BrNO3. The predicted molar refractivity (Wildman–Crippen MR) is 149 cm³/mol. The number of hydrogen-bond acceptors (Lipinski definition) is 3. The minimum Gasteiger partial charge on any atom is -0.375 e. The Balaban J connectivity index is 1.59. The molecule has 4 nitrogen and oxygen atoms in total. The van der Waals surface area contributed by atoms with Crippen molar-refractivity contribution in [3.8, 4) is 0 Å². The van der Waals surface area contributed by atoms with E-state index >= 15 is 0 Å². The van der Waals surface area contributed by atoms with Crippen molar-refractivity contribution in [2.24, 2.45) is 0 Å². The van der Waals surface area contributed by atoms with Crippen LogP contribution in [0.5, 0.6) is 0 Å². The Morgan fingerprint density at radius 3 is 2.53 bits per heavy atom. The van der Waals surface area contributed by atoms with Gasteiger partial charge in [0.05, 0.1) is 18.7 Å². The number of benzene rings is 3. The number of allylic oxidation sites excluding steroid dienone is 3. The van der Waals surface area contributed by atoms with E-state index in [4.69, 9.17) is 0 Å². The van der Waals surface area contributed by atoms with Crippen molar-refractivity contribution in [3.63, 3.8) is 0 Å². The maximum absolute atomic E-state index is 13.7. The van der Waals surface area contributed by atoms with Crippen molar-refractivity contribution < 1.29 is 14.7 Å². The van der Waals surface area contributed by atoms with Gasteiger partial charge in [0.2, 0.25) is 0 Å². The van der Waals surface area contributed by atoms with E-state index in [0.717, 1.165) is 21.2 Å². The van der Waals surface area contributed by atoms with Crippen LogP contribution in [0.4, 0.5) is 5.69 Å². The lowest BCUT2D eigenvalue weighted by molar-refractivity contribution is -0.140. The fourth-order valence-corrected chi connectivity index (χ4v) is 4.81. The van der Waals surface area contributed by atoms with Gasteiger partial charge in [-0.15, -0.1) is 0 Å². The Hall–Kier alpha value is -3.28. The van der Waals surface area contributed by atoms with E-state index in [1.807, 2.05) is 55.5 Å². The Labute approximate surface area is 221 Å². The summed E-state index contributed by atoms with van der Waals surface area (Å²) in [7, 11) is 0. The van der Waals surface area contributed by atoms with Crippen LogP contribution in [0.2, 0.25) is 0 Å². The number of ketones is 1. The first-order valence-corrected chi connectivity index (χ1v) is 12.8. The van der Waals surface area contributed by atoms with Crippen LogP contribution in [0.1, 0.15) is 54.0 Å². The second kappa shape index (κ2) is 10.8. The molecule has 4 rings (SSSR count). The maximum atomic E-state index is 13.7. The first-order chi connectivity index (χ1) is 17.2. The van der Waals surface area contributed by atoms with E-state index in [1.165, 1.54) is 11.6 Å². The number of amides is 1. The molecule has 0 radical (unpaired) electrons. The summed E-state index contributed by atoms with van der Waals surface area (Å²) in [6.45, 7) is 6.61. The summed E-state index contributed by atoms with van der Waals surface area (Å²) in [6, 6.07) is 21.4. The number of aryl methyl sites for hydroxylation is 1. The van der Waals surface area contributed by atoms with Gasteiger partial charge in [-0.2, -0.15) is 0 Å². The average Bonchev–Trinajstić information content (AvgIpc) is 3.04. The van der Waals surface area contributed by atoms with Gasteiger partial charge in [0.1, 0.15) is 0 Å². The molecule has 1 atom stereocenters. The molecule has 184 valence electrons. The Kier molecular flexibility index (Phi) is 7.72. The van der Waals surface area contributed by atoms with Crippen LogP contribution in [0.15, 0.2) is 89.4 Å². The van der Waals surface area contributed by atoms with Crippen LogP contribution in [-0.2, 0) is 21.7 Å². The van der Waals surface area contributed by atoms with Crippen LogP contribution in [0.3, 0.4) is 0 Å². The monoisotopic (exact) mass is 543 g/mol. The van der Waals surface area contributed by atoms with Crippen molar-refractivity contribution in [1.29, 1.82) is 0 Å². The number of nitrogens with zero attached hydrogens (tertiary/aromatic N) is 1. The fraction of sp³-hybridized carbons (Fsp3) is 0.226. The topological polar surface area (TPSA) is 57.6 Å². The Morgan fingerprint density at radius 2 is 1.81 bits per heavy atom. The maximum Gasteiger partial charge on any atom is 0.264 e. The summed E-state index contributed by atoms with van der Waals surface area (Å²) < 4.78 is 0.737. The molecule has 1 amide bonds. The zero-order valence-corrected chi connectivity index (χ0v) is 22.3. The highest BCUT2D eigenvalue weighted by molar-refractivity contribution is 9.10. The van der Waals surface area contributed by atoms with Crippen LogP contribution in [-0.4, -0.2) is 16.8 Å². The van der Waals surface area contributed by atoms with E-state index < -0.39 is 11.5 Å². The largest absolute Gasteiger partial charge is 0.375 e. The zero-order chi connectivity index (χ0) is 25.9. The summed E-state index contributed by atoms with van der Waals surface area (Å²) >= 11 is 3.45. The van der Waals surface area contributed by atoms with Gasteiger partial charge in [0.25, 0.3) is 5.91 Å². The smallest absolute Gasteiger partial charge is 0.264 e. The van der Waals surface area contributed by atoms with Gasteiger partial charge in [-0.25, -0.2) is 0 Å². The lowest BCUT2D eigenvalue weighted by Gasteiger charge is -2.23. The van der Waals surface area contributed by atoms with Gasteiger partial charge in [0, 0.05) is 10.0 Å². The minimum absolute atomic E-state index is 0.325. The number of fused-ring (bicyclic) bond motifs is 1. The fourth-order valence-electron chi connectivity index (χ4n) is 4.45. The summed E-state index contributed by atoms with van der Waals surface area (Å²) in [4.78, 5) is 28.1. The normalized spacial score (nSPS) is 17.5. The third kappa shape index (κ3) is 5.43. The quantitative estimate of drug-likeness (QED) is 0.250. The number of halogens is 1. The molecule has 0 aromatic heterocycles. The molecule has 3 aromatic rings. The summed E-state index contributed by atoms with van der Waals surface area (Å²) in [5, 5.41) is 11.6. The number of hydrogen-bond donors (Lipinski definition) is 1. The molecular weight excluding hydrogens is 514 g/mol. The van der Waals surface area contributed by atoms with Crippen LogP contribution < -0.4 is 4.90 Å². The molecule has 0 saturated carbocycles. The summed E-state index contributed by atoms with van der Waals surface area (Å²) in [6.07, 6.45) is 6.38. The first kappa shape index (κ1) is 25.8. The second-order valence-corrected chi connectivity index (χ2v) is 10.4. The Bertz CT molecular complexity index is 1340. The van der Waals surface area contributed by atoms with E-state index in [0.29, 0.717) is 23.7 Å². The van der Waals surface area contributed by atoms with Gasteiger partial charge >= 0.3 is 0 Å². The number of carbonyl (C=O) groups excluding carboxylic acids is 2. The molecule has 0 saturated heterocycles. The molecule has 0 bridgehead atoms. The van der Waals surface area contributed by atoms with Gasteiger partial charge in [-0.05, 0) is 59.4 Å². The zero-order valence-electron chi connectivity index (χ0n) is 20.7. The van der Waals surface area contributed by atoms with Crippen LogP contribution in [0, 0.1) is 6.92 Å². The van der Waals surface area contributed by atoms with Gasteiger partial charge in [-0.1, -0.05) is 96.5 Å². The van der Waals surface area contributed by atoms with Crippen molar-refractivity contribution >= 4 is 39.4 Å².